The van der Waals surface area contributed by atoms with Crippen molar-refractivity contribution in [2.75, 3.05) is 0 Å². The molecule has 7 heavy (non-hydrogen) atoms. The van der Waals surface area contributed by atoms with E-state index in [1.54, 1.807) is 0 Å². The molecule has 0 aromatic carbocycles. The molecule has 0 saturated heterocycles. The van der Waals surface area contributed by atoms with Gasteiger partial charge in [-0.3, -0.25) is 0 Å². The summed E-state index contributed by atoms with van der Waals surface area (Å²) in [7, 11) is 0. The molecule has 0 heterocycles. The largest absolute Gasteiger partial charge is 0 e. The molecule has 0 aliphatic carbocycles. The minimum absolute atomic E-state index is 0. The molecule has 0 aliphatic heterocycles. The van der Waals surface area contributed by atoms with E-state index in [2.05, 4.69) is 0 Å². The summed E-state index contributed by atoms with van der Waals surface area (Å²) in [6.07, 6.45) is 0. The quantitative estimate of drug-likeness (QED) is 0.308. The van der Waals surface area contributed by atoms with Gasteiger partial charge >= 0.3 is 0 Å². The Labute approximate surface area is 76.2 Å². The van der Waals surface area contributed by atoms with Gasteiger partial charge in [-0.2, -0.15) is 0 Å². The van der Waals surface area contributed by atoms with Crippen LogP contribution in [-0.4, -0.2) is 50.5 Å². The van der Waals surface area contributed by atoms with Crippen LogP contribution in [0, 0.1) is 0 Å². The van der Waals surface area contributed by atoms with Gasteiger partial charge in [-0.1, -0.05) is 0 Å². The van der Waals surface area contributed by atoms with Crippen LogP contribution in [0.15, 0.2) is 0 Å². The van der Waals surface area contributed by atoms with Gasteiger partial charge in [-0.15, -0.1) is 0 Å². The van der Waals surface area contributed by atoms with Crippen molar-refractivity contribution in [3.63, 3.8) is 0 Å². The van der Waals surface area contributed by atoms with Crippen molar-refractivity contribution >= 4 is 50.5 Å². The summed E-state index contributed by atoms with van der Waals surface area (Å²) in [4.78, 5) is 0. The summed E-state index contributed by atoms with van der Waals surface area (Å²) in [5.41, 5.74) is 0. The first-order chi connectivity index (χ1) is 0. The number of hydrogen-bond donors (Lipinski definition) is 0. The zero-order chi connectivity index (χ0) is 0. The van der Waals surface area contributed by atoms with Gasteiger partial charge in [-0.05, 0) is 0 Å². The number of hydrogen-bond acceptors (Lipinski definition) is 0. The Balaban J connectivity index is 0. The predicted octanol–water partition coefficient (Wildman–Crippen LogP) is -2.29. The van der Waals surface area contributed by atoms with Crippen molar-refractivity contribution in [1.29, 1.82) is 0 Å². The van der Waals surface area contributed by atoms with Crippen molar-refractivity contribution in [2.24, 2.45) is 0 Å². The van der Waals surface area contributed by atoms with Crippen LogP contribution in [0.2, 0.25) is 0 Å². The third-order valence-electron chi connectivity index (χ3n) is 0. The van der Waals surface area contributed by atoms with Crippen LogP contribution < -0.4 is 0 Å². The van der Waals surface area contributed by atoms with Crippen LogP contribution in [0.25, 0.3) is 0 Å². The molecular weight excluding hydrogens is 110 g/mol. The van der Waals surface area contributed by atoms with E-state index in [0.717, 1.165) is 0 Å². The molecule has 0 atom stereocenters. The van der Waals surface area contributed by atoms with E-state index in [1.165, 1.54) is 0 Å². The Morgan fingerprint density at radius 3 is 0.286 bits per heavy atom. The zero-order valence-electron chi connectivity index (χ0n) is 4.04. The molecule has 0 aromatic heterocycles. The maximum absolute atomic E-state index is 0. The molecule has 0 fully saturated rings. The molecule has 0 rings (SSSR count). The summed E-state index contributed by atoms with van der Waals surface area (Å²) in [6, 6.07) is 0. The van der Waals surface area contributed by atoms with E-state index in [1.807, 2.05) is 0 Å². The molecule has 0 unspecified atom stereocenters. The molecule has 19 radical (unpaired) electrons. The van der Waals surface area contributed by atoms with Crippen molar-refractivity contribution in [3.05, 3.63) is 0 Å². The minimum Gasteiger partial charge on any atom is 0 e. The van der Waals surface area contributed by atoms with Gasteiger partial charge in [0.05, 0.1) is 0 Å². The second-order valence-electron chi connectivity index (χ2n) is 0. The standard InChI is InChI=1S/6B.Sc. The molecule has 0 nitrogen and oxygen atoms in total. The van der Waals surface area contributed by atoms with Gasteiger partial charge in [0.15, 0.2) is 0 Å². The molecular formula is B6Sc. The van der Waals surface area contributed by atoms with Crippen LogP contribution in [0.3, 0.4) is 0 Å². The first-order valence-electron chi connectivity index (χ1n) is 0. The van der Waals surface area contributed by atoms with Crippen molar-refractivity contribution in [3.8, 4) is 0 Å². The van der Waals surface area contributed by atoms with Crippen LogP contribution in [0.5, 0.6) is 0 Å². The SMILES string of the molecule is [B].[B].[B].[B].[B].[B].[Sc]. The van der Waals surface area contributed by atoms with Crippen LogP contribution in [0.4, 0.5) is 0 Å². The fourth-order valence-corrected chi connectivity index (χ4v) is 0. The van der Waals surface area contributed by atoms with E-state index in [4.69, 9.17) is 0 Å². The van der Waals surface area contributed by atoms with Gasteiger partial charge < -0.3 is 0 Å². The third-order valence-corrected chi connectivity index (χ3v) is 0. The Morgan fingerprint density at radius 1 is 0.286 bits per heavy atom. The maximum atomic E-state index is 0. The van der Waals surface area contributed by atoms with Gasteiger partial charge in [0.25, 0.3) is 0 Å². The van der Waals surface area contributed by atoms with E-state index in [9.17, 15) is 0 Å². The van der Waals surface area contributed by atoms with Crippen LogP contribution >= 0.6 is 0 Å². The van der Waals surface area contributed by atoms with Gasteiger partial charge in [0, 0.05) is 76.3 Å². The molecule has 0 aromatic rings. The van der Waals surface area contributed by atoms with Crippen LogP contribution in [0.1, 0.15) is 0 Å². The molecule has 21 valence electrons. The van der Waals surface area contributed by atoms with E-state index >= 15 is 0 Å². The number of rotatable bonds is 0. The second kappa shape index (κ2) is 179. The van der Waals surface area contributed by atoms with Gasteiger partial charge in [0.1, 0.15) is 0 Å². The summed E-state index contributed by atoms with van der Waals surface area (Å²) in [5, 5.41) is 0. The molecule has 0 bridgehead atoms. The summed E-state index contributed by atoms with van der Waals surface area (Å²) < 4.78 is 0. The molecule has 0 spiro atoms. The predicted molar refractivity (Wildman–Crippen MR) is 34.5 cm³/mol. The van der Waals surface area contributed by atoms with Crippen molar-refractivity contribution < 1.29 is 25.8 Å². The Kier molecular flexibility index (Phi) is 7020. The second-order valence-corrected chi connectivity index (χ2v) is 0. The van der Waals surface area contributed by atoms with E-state index < -0.39 is 0 Å². The van der Waals surface area contributed by atoms with Gasteiger partial charge in [0.2, 0.25) is 0 Å². The Hall–Kier alpha value is 1.26. The summed E-state index contributed by atoms with van der Waals surface area (Å²) in [5.74, 6) is 0. The van der Waals surface area contributed by atoms with Crippen molar-refractivity contribution in [1.82, 2.24) is 0 Å². The fourth-order valence-electron chi connectivity index (χ4n) is 0. The molecule has 0 aliphatic rings. The normalized spacial score (nSPS) is 0. The van der Waals surface area contributed by atoms with Crippen LogP contribution in [-0.2, 0) is 25.8 Å². The minimum atomic E-state index is 0. The van der Waals surface area contributed by atoms with Crippen molar-refractivity contribution in [2.45, 2.75) is 0 Å². The topological polar surface area (TPSA) is 0 Å². The van der Waals surface area contributed by atoms with E-state index in [0.29, 0.717) is 0 Å². The van der Waals surface area contributed by atoms with Gasteiger partial charge in [-0.25, -0.2) is 0 Å². The summed E-state index contributed by atoms with van der Waals surface area (Å²) in [6.45, 7) is 0. The maximum Gasteiger partial charge on any atom is 0 e. The third kappa shape index (κ3) is 127. The summed E-state index contributed by atoms with van der Waals surface area (Å²) >= 11 is 0. The average Bonchev–Trinajstić information content (AvgIpc) is 0. The first-order valence-corrected chi connectivity index (χ1v) is 0. The monoisotopic (exact) mass is 111 g/mol. The first kappa shape index (κ1) is 274. The molecule has 7 heteroatoms. The Morgan fingerprint density at radius 2 is 0.286 bits per heavy atom. The average molecular weight is 110 g/mol. The molecule has 0 N–H and O–H groups in total. The molecule has 0 amide bonds. The van der Waals surface area contributed by atoms with E-state index in [-0.39, 0.29) is 76.3 Å². The molecule has 0 saturated carbocycles. The smallest absolute Gasteiger partial charge is 0 e. The fraction of sp³-hybridized carbons (Fsp3) is 0. The Bertz CT molecular complexity index is 4.14. The zero-order valence-corrected chi connectivity index (χ0v) is 5.84.